The summed E-state index contributed by atoms with van der Waals surface area (Å²) >= 11 is 0. The second-order valence-corrected chi connectivity index (χ2v) is 11.2. The van der Waals surface area contributed by atoms with Crippen LogP contribution in [0.1, 0.15) is 38.3 Å². The number of carbonyl (C=O) groups is 4. The molecule has 1 unspecified atom stereocenters. The molecule has 4 amide bonds. The van der Waals surface area contributed by atoms with Gasteiger partial charge in [0.25, 0.3) is 11.8 Å². The highest BCUT2D eigenvalue weighted by atomic mass is 16.6. The lowest BCUT2D eigenvalue weighted by Gasteiger charge is -2.22. The van der Waals surface area contributed by atoms with Crippen LogP contribution in [0, 0.1) is 0 Å². The molecule has 1 aliphatic heterocycles. The number of benzene rings is 2. The molecular weight excluding hydrogens is 584 g/mol. The third kappa shape index (κ3) is 7.20. The summed E-state index contributed by atoms with van der Waals surface area (Å²) in [6, 6.07) is 9.55. The van der Waals surface area contributed by atoms with Crippen molar-refractivity contribution < 1.29 is 43.2 Å². The Labute approximate surface area is 260 Å². The van der Waals surface area contributed by atoms with E-state index < -0.39 is 42.1 Å². The number of nitrogens with one attached hydrogen (secondary N) is 3. The number of aryl methyl sites for hydroxylation is 1. The van der Waals surface area contributed by atoms with Crippen molar-refractivity contribution >= 4 is 45.9 Å². The zero-order valence-corrected chi connectivity index (χ0v) is 26.1. The molecule has 2 aromatic carbocycles. The predicted octanol–water partition coefficient (Wildman–Crippen LogP) is 2.63. The van der Waals surface area contributed by atoms with Gasteiger partial charge in [-0.05, 0) is 51.0 Å². The maximum absolute atomic E-state index is 13.2. The Morgan fingerprint density at radius 1 is 0.978 bits per heavy atom. The van der Waals surface area contributed by atoms with Gasteiger partial charge in [-0.2, -0.15) is 0 Å². The third-order valence-electron chi connectivity index (χ3n) is 7.01. The van der Waals surface area contributed by atoms with Gasteiger partial charge in [0.15, 0.2) is 11.5 Å². The number of amides is 4. The van der Waals surface area contributed by atoms with E-state index in [-0.39, 0.29) is 17.7 Å². The highest BCUT2D eigenvalue weighted by Gasteiger charge is 2.35. The number of para-hydroxylation sites is 1. The van der Waals surface area contributed by atoms with E-state index in [1.165, 1.54) is 21.3 Å². The molecule has 3 aromatic rings. The van der Waals surface area contributed by atoms with Crippen LogP contribution in [0.3, 0.4) is 0 Å². The molecule has 2 heterocycles. The largest absolute Gasteiger partial charge is 0.493 e. The minimum Gasteiger partial charge on any atom is -0.493 e. The van der Waals surface area contributed by atoms with Crippen LogP contribution in [-0.4, -0.2) is 79.6 Å². The molecule has 1 aromatic heterocycles. The van der Waals surface area contributed by atoms with Gasteiger partial charge < -0.3 is 39.3 Å². The van der Waals surface area contributed by atoms with Gasteiger partial charge in [0, 0.05) is 35.8 Å². The van der Waals surface area contributed by atoms with Crippen LogP contribution in [0.5, 0.6) is 17.2 Å². The summed E-state index contributed by atoms with van der Waals surface area (Å²) in [4.78, 5) is 51.0. The van der Waals surface area contributed by atoms with Crippen molar-refractivity contribution in [3.8, 4) is 17.2 Å². The monoisotopic (exact) mass is 622 g/mol. The smallest absolute Gasteiger partial charge is 0.408 e. The molecule has 0 radical (unpaired) electrons. The van der Waals surface area contributed by atoms with E-state index in [0.29, 0.717) is 41.3 Å². The molecule has 0 saturated carbocycles. The van der Waals surface area contributed by atoms with Gasteiger partial charge in [0.2, 0.25) is 11.7 Å². The van der Waals surface area contributed by atoms with Crippen molar-refractivity contribution in [3.05, 3.63) is 53.7 Å². The number of hydrogen-bond donors (Lipinski definition) is 4. The third-order valence-corrected chi connectivity index (χ3v) is 7.01. The first-order valence-electron chi connectivity index (χ1n) is 14.3. The van der Waals surface area contributed by atoms with Crippen molar-refractivity contribution in [1.29, 1.82) is 0 Å². The van der Waals surface area contributed by atoms with E-state index in [9.17, 15) is 24.3 Å². The lowest BCUT2D eigenvalue weighted by molar-refractivity contribution is -0.124. The number of nitrogens with zero attached hydrogens (tertiary/aromatic N) is 1. The van der Waals surface area contributed by atoms with Gasteiger partial charge in [0.05, 0.1) is 39.1 Å². The first-order chi connectivity index (χ1) is 21.4. The normalized spacial score (nSPS) is 13.8. The van der Waals surface area contributed by atoms with Crippen LogP contribution in [0.2, 0.25) is 0 Å². The number of methoxy groups -OCH3 is 3. The number of alkyl carbamates (subject to hydrolysis) is 1. The molecule has 0 aliphatic carbocycles. The fourth-order valence-electron chi connectivity index (χ4n) is 5.07. The number of carbonyl (C=O) groups excluding carboxylic acids is 4. The van der Waals surface area contributed by atoms with Gasteiger partial charge >= 0.3 is 6.09 Å². The number of aliphatic hydroxyl groups is 1. The van der Waals surface area contributed by atoms with E-state index in [2.05, 4.69) is 16.0 Å². The Hall–Kier alpha value is -5.04. The Bertz CT molecular complexity index is 1630. The molecule has 0 saturated heterocycles. The van der Waals surface area contributed by atoms with Gasteiger partial charge in [-0.25, -0.2) is 4.79 Å². The Balaban J connectivity index is 1.59. The Kier molecular flexibility index (Phi) is 10.0. The Morgan fingerprint density at radius 2 is 1.62 bits per heavy atom. The molecule has 13 nitrogen and oxygen atoms in total. The summed E-state index contributed by atoms with van der Waals surface area (Å²) in [6.45, 7) is 5.18. The summed E-state index contributed by atoms with van der Waals surface area (Å²) in [5.41, 5.74) is 1.42. The molecular formula is C32H38N4O9. The zero-order valence-electron chi connectivity index (χ0n) is 26.1. The molecule has 13 heteroatoms. The SMILES string of the molecule is COc1cc(C2=C(c3cn(CCCNC(=O)C(CO)NC(=O)OC(C)(C)C)c4ccccc34)C(=O)NC2=O)cc(OC)c1OC. The van der Waals surface area contributed by atoms with Crippen LogP contribution >= 0.6 is 0 Å². The maximum atomic E-state index is 13.2. The number of hydrogen-bond acceptors (Lipinski definition) is 9. The van der Waals surface area contributed by atoms with Crippen molar-refractivity contribution in [2.24, 2.45) is 0 Å². The van der Waals surface area contributed by atoms with Gasteiger partial charge in [-0.15, -0.1) is 0 Å². The van der Waals surface area contributed by atoms with Crippen molar-refractivity contribution in [1.82, 2.24) is 20.5 Å². The predicted molar refractivity (Wildman–Crippen MR) is 166 cm³/mol. The molecule has 45 heavy (non-hydrogen) atoms. The average molecular weight is 623 g/mol. The summed E-state index contributed by atoms with van der Waals surface area (Å²) in [5, 5.41) is 17.9. The average Bonchev–Trinajstić information content (AvgIpc) is 3.51. The fraction of sp³-hybridized carbons (Fsp3) is 0.375. The summed E-state index contributed by atoms with van der Waals surface area (Å²) in [6.07, 6.45) is 1.48. The Morgan fingerprint density at radius 3 is 2.22 bits per heavy atom. The number of aromatic nitrogens is 1. The number of aliphatic hydroxyl groups excluding tert-OH is 1. The molecule has 1 aliphatic rings. The number of rotatable bonds is 12. The van der Waals surface area contributed by atoms with E-state index in [1.54, 1.807) is 39.1 Å². The lowest BCUT2D eigenvalue weighted by Crippen LogP contribution is -2.50. The number of imide groups is 1. The standard InChI is InChI=1S/C32H38N4O9/c1-32(2,3)45-31(41)34-21(17-37)28(38)33-12-9-13-36-16-20(19-10-7-8-11-22(19)36)26-25(29(39)35-30(26)40)18-14-23(42-4)27(44-6)24(15-18)43-5/h7-8,10-11,14-16,21,37H,9,12-13,17H2,1-6H3,(H,33,38)(H,34,41)(H,35,39,40). The second-order valence-electron chi connectivity index (χ2n) is 11.2. The minimum atomic E-state index is -1.17. The molecule has 0 bridgehead atoms. The van der Waals surface area contributed by atoms with Crippen LogP contribution in [-0.2, 0) is 25.7 Å². The molecule has 4 N–H and O–H groups in total. The first kappa shape index (κ1) is 32.9. The molecule has 0 fully saturated rings. The highest BCUT2D eigenvalue weighted by Crippen LogP contribution is 2.43. The van der Waals surface area contributed by atoms with Gasteiger partial charge in [-0.3, -0.25) is 19.7 Å². The van der Waals surface area contributed by atoms with Crippen LogP contribution < -0.4 is 30.2 Å². The van der Waals surface area contributed by atoms with E-state index in [4.69, 9.17) is 18.9 Å². The van der Waals surface area contributed by atoms with Gasteiger partial charge in [-0.1, -0.05) is 18.2 Å². The number of fused-ring (bicyclic) bond motifs is 1. The fourth-order valence-corrected chi connectivity index (χ4v) is 5.07. The molecule has 0 spiro atoms. The molecule has 240 valence electrons. The topological polar surface area (TPSA) is 166 Å². The number of ether oxygens (including phenoxy) is 4. The van der Waals surface area contributed by atoms with Crippen LogP contribution in [0.15, 0.2) is 42.6 Å². The van der Waals surface area contributed by atoms with Gasteiger partial charge in [0.1, 0.15) is 11.6 Å². The van der Waals surface area contributed by atoms with Crippen molar-refractivity contribution in [2.75, 3.05) is 34.5 Å². The van der Waals surface area contributed by atoms with E-state index >= 15 is 0 Å². The maximum Gasteiger partial charge on any atom is 0.408 e. The minimum absolute atomic E-state index is 0.168. The molecule has 4 rings (SSSR count). The highest BCUT2D eigenvalue weighted by molar-refractivity contribution is 6.50. The quantitative estimate of drug-likeness (QED) is 0.175. The van der Waals surface area contributed by atoms with E-state index in [0.717, 1.165) is 10.9 Å². The zero-order chi connectivity index (χ0) is 32.9. The second kappa shape index (κ2) is 13.7. The van der Waals surface area contributed by atoms with Crippen molar-refractivity contribution in [2.45, 2.75) is 45.4 Å². The summed E-state index contributed by atoms with van der Waals surface area (Å²) < 4.78 is 23.4. The van der Waals surface area contributed by atoms with Crippen LogP contribution in [0.4, 0.5) is 4.79 Å². The van der Waals surface area contributed by atoms with Crippen LogP contribution in [0.25, 0.3) is 22.0 Å². The van der Waals surface area contributed by atoms with Crippen molar-refractivity contribution in [3.63, 3.8) is 0 Å². The van der Waals surface area contributed by atoms with E-state index in [1.807, 2.05) is 28.8 Å². The summed E-state index contributed by atoms with van der Waals surface area (Å²) in [7, 11) is 4.41. The first-order valence-corrected chi connectivity index (χ1v) is 14.3. The summed E-state index contributed by atoms with van der Waals surface area (Å²) in [5.74, 6) is -0.623. The lowest BCUT2D eigenvalue weighted by atomic mass is 9.95. The molecule has 1 atom stereocenters.